The van der Waals surface area contributed by atoms with E-state index < -0.39 is 35.3 Å². The van der Waals surface area contributed by atoms with E-state index in [4.69, 9.17) is 11.5 Å². The number of nitrogens with one attached hydrogen (secondary N) is 1. The van der Waals surface area contributed by atoms with Gasteiger partial charge in [-0.2, -0.15) is 0 Å². The van der Waals surface area contributed by atoms with Crippen LogP contribution in [0.25, 0.3) is 0 Å². The fraction of sp³-hybridized carbons (Fsp3) is 0.294. The number of nitrogens with two attached hydrogens (primary N) is 2. The molecule has 1 unspecified atom stereocenters. The number of β-lactam (4-membered cyclic amide) rings is 1. The molecule has 1 aromatic heterocycles. The average Bonchev–Trinajstić information content (AvgIpc) is 3.17. The summed E-state index contributed by atoms with van der Waals surface area (Å²) >= 11 is 2.34. The molecule has 2 atom stereocenters. The minimum atomic E-state index is -1.55. The summed E-state index contributed by atoms with van der Waals surface area (Å²) in [6, 6.07) is -0.997. The molecule has 16 heteroatoms. The van der Waals surface area contributed by atoms with E-state index in [9.17, 15) is 24.3 Å². The van der Waals surface area contributed by atoms with Crippen LogP contribution in [0.5, 0.6) is 0 Å². The molecule has 33 heavy (non-hydrogen) atoms. The van der Waals surface area contributed by atoms with Crippen molar-refractivity contribution in [2.75, 3.05) is 25.2 Å². The number of oxime groups is 1. The van der Waals surface area contributed by atoms with Crippen molar-refractivity contribution in [1.29, 1.82) is 0 Å². The zero-order valence-electron chi connectivity index (χ0n) is 17.5. The Morgan fingerprint density at radius 1 is 1.45 bits per heavy atom. The average molecular weight is 504 g/mol. The van der Waals surface area contributed by atoms with Crippen molar-refractivity contribution < 1.29 is 63.4 Å². The van der Waals surface area contributed by atoms with Gasteiger partial charge < -0.3 is 36.3 Å². The summed E-state index contributed by atoms with van der Waals surface area (Å²) in [6.45, 7) is -0.164. The number of anilines is 1. The molecule has 1 aromatic rings. The Kier molecular flexibility index (Phi) is 9.30. The third kappa shape index (κ3) is 5.86. The van der Waals surface area contributed by atoms with Gasteiger partial charge in [-0.1, -0.05) is 11.2 Å². The van der Waals surface area contributed by atoms with E-state index in [1.165, 1.54) is 36.4 Å². The second-order valence-electron chi connectivity index (χ2n) is 6.25. The number of aromatic nitrogens is 1. The summed E-state index contributed by atoms with van der Waals surface area (Å²) in [6.07, 6.45) is 1.82. The van der Waals surface area contributed by atoms with Gasteiger partial charge in [-0.3, -0.25) is 14.5 Å². The number of carbonyl (C=O) groups excluding carboxylic acids is 4. The predicted molar refractivity (Wildman–Crippen MR) is 112 cm³/mol. The predicted octanol–water partition coefficient (Wildman–Crippen LogP) is -4.86. The maximum absolute atomic E-state index is 12.7. The summed E-state index contributed by atoms with van der Waals surface area (Å²) in [7, 11) is 1.25. The second-order valence-corrected chi connectivity index (χ2v) is 8.24. The van der Waals surface area contributed by atoms with Gasteiger partial charge in [0.2, 0.25) is 0 Å². The van der Waals surface area contributed by atoms with E-state index >= 15 is 0 Å². The number of thioether (sulfide) groups is 1. The van der Waals surface area contributed by atoms with Crippen molar-refractivity contribution in [3.05, 3.63) is 34.5 Å². The fourth-order valence-electron chi connectivity index (χ4n) is 2.98. The number of thiazole rings is 1. The van der Waals surface area contributed by atoms with E-state index in [1.54, 1.807) is 0 Å². The number of ether oxygens (including phenoxy) is 1. The van der Waals surface area contributed by atoms with Gasteiger partial charge in [0.05, 0.1) is 11.7 Å². The number of primary amides is 1. The molecule has 0 saturated carbocycles. The molecule has 3 heterocycles. The molecule has 5 N–H and O–H groups in total. The number of amides is 3. The van der Waals surface area contributed by atoms with E-state index in [0.29, 0.717) is 0 Å². The maximum atomic E-state index is 12.7. The molecule has 0 aliphatic carbocycles. The van der Waals surface area contributed by atoms with Crippen LogP contribution in [0.4, 0.5) is 9.93 Å². The Balaban J connectivity index is 0.00000385. The second kappa shape index (κ2) is 11.5. The Labute approximate surface area is 217 Å². The molecule has 2 aliphatic heterocycles. The third-order valence-electron chi connectivity index (χ3n) is 4.28. The van der Waals surface area contributed by atoms with Crippen LogP contribution in [0.2, 0.25) is 0 Å². The number of nitrogens with zero attached hydrogens (tertiary/aromatic N) is 3. The molecule has 3 rings (SSSR count). The first kappa shape index (κ1) is 26.7. The molecule has 0 radical (unpaired) electrons. The molecule has 1 fully saturated rings. The van der Waals surface area contributed by atoms with Crippen molar-refractivity contribution in [2.24, 2.45) is 10.9 Å². The molecular formula is C17H17N6NaO7S2. The first-order valence-electron chi connectivity index (χ1n) is 8.86. The van der Waals surface area contributed by atoms with Crippen LogP contribution in [0, 0.1) is 0 Å². The molecule has 170 valence electrons. The van der Waals surface area contributed by atoms with Crippen LogP contribution >= 0.6 is 23.1 Å². The van der Waals surface area contributed by atoms with Gasteiger partial charge in [0, 0.05) is 11.1 Å². The SMILES string of the molecule is CO/N=C(\C(=O)NC1C(=O)N2C(C(=O)[O-])=C(/C=C\COC(N)=O)CS[C@@H]12)c1csc(N)n1.[Na+]. The van der Waals surface area contributed by atoms with Gasteiger partial charge in [0.15, 0.2) is 10.8 Å². The number of nitrogen functional groups attached to an aromatic ring is 1. The van der Waals surface area contributed by atoms with Gasteiger partial charge in [-0.25, -0.2) is 9.78 Å². The van der Waals surface area contributed by atoms with E-state index in [2.05, 4.69) is 25.0 Å². The van der Waals surface area contributed by atoms with Crippen LogP contribution in [0.1, 0.15) is 5.69 Å². The number of allylic oxidation sites excluding steroid dienone is 1. The first-order chi connectivity index (χ1) is 15.2. The topological polar surface area (TPSA) is 202 Å². The summed E-state index contributed by atoms with van der Waals surface area (Å²) in [5, 5.41) is 18.9. The number of rotatable bonds is 8. The van der Waals surface area contributed by atoms with Crippen LogP contribution in [-0.2, 0) is 24.0 Å². The van der Waals surface area contributed by atoms with Crippen LogP contribution in [0.3, 0.4) is 0 Å². The van der Waals surface area contributed by atoms with Crippen LogP contribution < -0.4 is 51.4 Å². The van der Waals surface area contributed by atoms with Gasteiger partial charge in [-0.15, -0.1) is 23.1 Å². The van der Waals surface area contributed by atoms with Crippen molar-refractivity contribution in [1.82, 2.24) is 15.2 Å². The summed E-state index contributed by atoms with van der Waals surface area (Å²) in [5.41, 5.74) is 10.4. The molecule has 0 aromatic carbocycles. The van der Waals surface area contributed by atoms with E-state index in [-0.39, 0.29) is 69.7 Å². The van der Waals surface area contributed by atoms with Crippen LogP contribution in [0.15, 0.2) is 34.0 Å². The molecule has 0 spiro atoms. The zero-order valence-corrected chi connectivity index (χ0v) is 21.1. The van der Waals surface area contributed by atoms with Crippen LogP contribution in [-0.4, -0.2) is 70.4 Å². The fourth-order valence-corrected chi connectivity index (χ4v) is 4.85. The van der Waals surface area contributed by atoms with Gasteiger partial charge >= 0.3 is 35.7 Å². The van der Waals surface area contributed by atoms with E-state index in [0.717, 1.165) is 16.2 Å². The number of hydrogen-bond donors (Lipinski definition) is 3. The molecule has 13 nitrogen and oxygen atoms in total. The Morgan fingerprint density at radius 2 is 2.18 bits per heavy atom. The van der Waals surface area contributed by atoms with Gasteiger partial charge in [-0.05, 0) is 11.6 Å². The molecule has 3 amide bonds. The minimum Gasteiger partial charge on any atom is -0.543 e. The Morgan fingerprint density at radius 3 is 2.76 bits per heavy atom. The summed E-state index contributed by atoms with van der Waals surface area (Å²) in [5.74, 6) is -2.71. The number of carbonyl (C=O) groups is 4. The van der Waals surface area contributed by atoms with Crippen molar-refractivity contribution >= 4 is 57.8 Å². The smallest absolute Gasteiger partial charge is 0.543 e. The Bertz CT molecular complexity index is 1060. The summed E-state index contributed by atoms with van der Waals surface area (Å²) < 4.78 is 4.55. The molecular weight excluding hydrogens is 487 g/mol. The monoisotopic (exact) mass is 504 g/mol. The molecule has 0 bridgehead atoms. The molecule has 2 aliphatic rings. The van der Waals surface area contributed by atoms with Crippen molar-refractivity contribution in [2.45, 2.75) is 11.4 Å². The van der Waals surface area contributed by atoms with Gasteiger partial charge in [0.25, 0.3) is 11.8 Å². The number of aliphatic carboxylic acids is 1. The van der Waals surface area contributed by atoms with Gasteiger partial charge in [0.1, 0.15) is 30.8 Å². The molecule has 1 saturated heterocycles. The van der Waals surface area contributed by atoms with Crippen molar-refractivity contribution in [3.8, 4) is 0 Å². The number of fused-ring (bicyclic) bond motifs is 1. The number of carboxylic acids is 1. The quantitative estimate of drug-likeness (QED) is 0.133. The standard InChI is InChI=1S/C17H18N6O7S2.Na/c1-29-22-9(8-6-32-16(18)20-8)12(24)21-10-13(25)23-11(15(26)27)7(5-31-14(10)23)3-2-4-30-17(19)28;/h2-3,6,10,14H,4-5H2,1H3,(H2,18,20)(H2,19,28)(H,21,24)(H,26,27);/q;+1/p-1/b3-2-,22-9-;/t10?,14-;/m0./s1. The normalized spacial score (nSPS) is 20.0. The van der Waals surface area contributed by atoms with E-state index in [1.807, 2.05) is 0 Å². The van der Waals surface area contributed by atoms with Crippen molar-refractivity contribution in [3.63, 3.8) is 0 Å². The first-order valence-corrected chi connectivity index (χ1v) is 10.8. The number of carboxylic acid groups (broad SMARTS) is 1. The number of hydrogen-bond acceptors (Lipinski definition) is 12. The summed E-state index contributed by atoms with van der Waals surface area (Å²) in [4.78, 5) is 57.4. The minimum absolute atomic E-state index is 0. The Hall–Kier alpha value is -2.59. The zero-order chi connectivity index (χ0) is 23.4. The largest absolute Gasteiger partial charge is 1.00 e. The third-order valence-corrected chi connectivity index (χ3v) is 6.26. The maximum Gasteiger partial charge on any atom is 1.00 e.